The molecule has 0 saturated carbocycles. The van der Waals surface area contributed by atoms with E-state index in [0.29, 0.717) is 6.61 Å². The molecule has 0 radical (unpaired) electrons. The van der Waals surface area contributed by atoms with Crippen molar-refractivity contribution in [3.63, 3.8) is 0 Å². The molecule has 3 nitrogen and oxygen atoms in total. The van der Waals surface area contributed by atoms with Gasteiger partial charge in [0.1, 0.15) is 0 Å². The predicted molar refractivity (Wildman–Crippen MR) is 79.3 cm³/mol. The second-order valence-corrected chi connectivity index (χ2v) is 5.35. The molecule has 0 aliphatic rings. The van der Waals surface area contributed by atoms with Gasteiger partial charge in [-0.1, -0.05) is 19.1 Å². The molecule has 2 rings (SSSR count). The van der Waals surface area contributed by atoms with Crippen LogP contribution in [0.2, 0.25) is 0 Å². The van der Waals surface area contributed by atoms with Gasteiger partial charge in [0.2, 0.25) is 0 Å². The minimum Gasteiger partial charge on any atom is -0.375 e. The van der Waals surface area contributed by atoms with Crippen LogP contribution in [-0.4, -0.2) is 18.1 Å². The summed E-state index contributed by atoms with van der Waals surface area (Å²) >= 11 is 1.78. The Bertz CT molecular complexity index is 454. The summed E-state index contributed by atoms with van der Waals surface area (Å²) in [6, 6.07) is 8.36. The number of thiophene rings is 1. The molecule has 0 aliphatic heterocycles. The summed E-state index contributed by atoms with van der Waals surface area (Å²) in [5.41, 5.74) is 2.20. The molecule has 0 aromatic carbocycles. The standard InChI is InChI=1S/C15H20N2OS/c1-2-16-10-13-5-6-14(17-11-13)12-18-8-7-15-4-3-9-19-15/h3-6,9,11,16H,2,7-8,10,12H2,1H3. The summed E-state index contributed by atoms with van der Waals surface area (Å²) in [4.78, 5) is 5.77. The van der Waals surface area contributed by atoms with E-state index in [0.717, 1.165) is 31.8 Å². The average Bonchev–Trinajstić information content (AvgIpc) is 2.96. The molecule has 0 saturated heterocycles. The maximum atomic E-state index is 5.64. The Balaban J connectivity index is 1.68. The first-order valence-corrected chi connectivity index (χ1v) is 7.51. The third kappa shape index (κ3) is 5.11. The molecule has 0 fully saturated rings. The quantitative estimate of drug-likeness (QED) is 0.753. The van der Waals surface area contributed by atoms with Gasteiger partial charge in [0.25, 0.3) is 0 Å². The van der Waals surface area contributed by atoms with Crippen LogP contribution in [0.25, 0.3) is 0 Å². The third-order valence-electron chi connectivity index (χ3n) is 2.79. The molecule has 0 unspecified atom stereocenters. The molecule has 0 amide bonds. The Morgan fingerprint density at radius 3 is 2.95 bits per heavy atom. The number of aromatic nitrogens is 1. The van der Waals surface area contributed by atoms with Gasteiger partial charge in [-0.3, -0.25) is 4.98 Å². The lowest BCUT2D eigenvalue weighted by Gasteiger charge is -2.05. The van der Waals surface area contributed by atoms with Gasteiger partial charge in [-0.2, -0.15) is 0 Å². The molecular weight excluding hydrogens is 256 g/mol. The molecule has 0 bridgehead atoms. The molecule has 2 aromatic rings. The van der Waals surface area contributed by atoms with Crippen molar-refractivity contribution in [1.82, 2.24) is 10.3 Å². The van der Waals surface area contributed by atoms with Gasteiger partial charge in [-0.15, -0.1) is 11.3 Å². The molecule has 2 heterocycles. The summed E-state index contributed by atoms with van der Waals surface area (Å²) < 4.78 is 5.64. The SMILES string of the molecule is CCNCc1ccc(COCCc2cccs2)nc1. The minimum absolute atomic E-state index is 0.590. The lowest BCUT2D eigenvalue weighted by Crippen LogP contribution is -2.12. The summed E-state index contributed by atoms with van der Waals surface area (Å²) in [6.07, 6.45) is 2.90. The van der Waals surface area contributed by atoms with E-state index in [1.165, 1.54) is 10.4 Å². The highest BCUT2D eigenvalue weighted by atomic mass is 32.1. The monoisotopic (exact) mass is 276 g/mol. The van der Waals surface area contributed by atoms with Crippen LogP contribution in [-0.2, 0) is 24.3 Å². The largest absolute Gasteiger partial charge is 0.375 e. The number of nitrogens with one attached hydrogen (secondary N) is 1. The first kappa shape index (κ1) is 14.2. The normalized spacial score (nSPS) is 10.8. The highest BCUT2D eigenvalue weighted by Crippen LogP contribution is 2.09. The zero-order valence-electron chi connectivity index (χ0n) is 11.3. The van der Waals surface area contributed by atoms with E-state index in [4.69, 9.17) is 4.74 Å². The fourth-order valence-corrected chi connectivity index (χ4v) is 2.41. The molecule has 0 spiro atoms. The Hall–Kier alpha value is -1.23. The number of pyridine rings is 1. The molecule has 19 heavy (non-hydrogen) atoms. The van der Waals surface area contributed by atoms with Crippen LogP contribution < -0.4 is 5.32 Å². The Kier molecular flexibility index (Phi) is 6.01. The number of hydrogen-bond donors (Lipinski definition) is 1. The number of ether oxygens (including phenoxy) is 1. The lowest BCUT2D eigenvalue weighted by molar-refractivity contribution is 0.121. The van der Waals surface area contributed by atoms with Crippen molar-refractivity contribution >= 4 is 11.3 Å². The van der Waals surface area contributed by atoms with Gasteiger partial charge in [-0.25, -0.2) is 0 Å². The molecule has 0 atom stereocenters. The van der Waals surface area contributed by atoms with E-state index in [-0.39, 0.29) is 0 Å². The fraction of sp³-hybridized carbons (Fsp3) is 0.400. The van der Waals surface area contributed by atoms with Crippen LogP contribution in [0.1, 0.15) is 23.1 Å². The summed E-state index contributed by atoms with van der Waals surface area (Å²) in [5, 5.41) is 5.38. The van der Waals surface area contributed by atoms with Gasteiger partial charge in [0, 0.05) is 24.0 Å². The van der Waals surface area contributed by atoms with Crippen LogP contribution in [0.5, 0.6) is 0 Å². The number of rotatable bonds is 8. The van der Waals surface area contributed by atoms with E-state index in [9.17, 15) is 0 Å². The Labute approximate surface area is 118 Å². The molecule has 4 heteroatoms. The molecule has 102 valence electrons. The van der Waals surface area contributed by atoms with Crippen LogP contribution >= 0.6 is 11.3 Å². The maximum absolute atomic E-state index is 5.64. The summed E-state index contributed by atoms with van der Waals surface area (Å²) in [6.45, 7) is 5.30. The predicted octanol–water partition coefficient (Wildman–Crippen LogP) is 3.01. The van der Waals surface area contributed by atoms with Crippen molar-refractivity contribution < 1.29 is 4.74 Å². The van der Waals surface area contributed by atoms with Crippen LogP contribution in [0.15, 0.2) is 35.8 Å². The van der Waals surface area contributed by atoms with Crippen molar-refractivity contribution in [3.8, 4) is 0 Å². The van der Waals surface area contributed by atoms with Crippen LogP contribution in [0.3, 0.4) is 0 Å². The van der Waals surface area contributed by atoms with Crippen molar-refractivity contribution in [3.05, 3.63) is 52.0 Å². The molecular formula is C15H20N2OS. The lowest BCUT2D eigenvalue weighted by atomic mass is 10.2. The van der Waals surface area contributed by atoms with Gasteiger partial charge >= 0.3 is 0 Å². The Morgan fingerprint density at radius 1 is 1.32 bits per heavy atom. The number of hydrogen-bond acceptors (Lipinski definition) is 4. The van der Waals surface area contributed by atoms with E-state index >= 15 is 0 Å². The zero-order valence-corrected chi connectivity index (χ0v) is 12.1. The highest BCUT2D eigenvalue weighted by Gasteiger charge is 1.98. The highest BCUT2D eigenvalue weighted by molar-refractivity contribution is 7.09. The van der Waals surface area contributed by atoms with Gasteiger partial charge in [0.15, 0.2) is 0 Å². The van der Waals surface area contributed by atoms with Crippen molar-refractivity contribution in [2.45, 2.75) is 26.5 Å². The van der Waals surface area contributed by atoms with E-state index in [1.807, 2.05) is 12.3 Å². The van der Waals surface area contributed by atoms with Crippen LogP contribution in [0.4, 0.5) is 0 Å². The smallest absolute Gasteiger partial charge is 0.0887 e. The number of nitrogens with zero attached hydrogens (tertiary/aromatic N) is 1. The van der Waals surface area contributed by atoms with E-state index < -0.39 is 0 Å². The summed E-state index contributed by atoms with van der Waals surface area (Å²) in [5.74, 6) is 0. The maximum Gasteiger partial charge on any atom is 0.0887 e. The van der Waals surface area contributed by atoms with Crippen molar-refractivity contribution in [1.29, 1.82) is 0 Å². The fourth-order valence-electron chi connectivity index (χ4n) is 1.72. The molecule has 0 aliphatic carbocycles. The second kappa shape index (κ2) is 8.04. The third-order valence-corrected chi connectivity index (χ3v) is 3.72. The van der Waals surface area contributed by atoms with E-state index in [2.05, 4.69) is 40.8 Å². The zero-order chi connectivity index (χ0) is 13.3. The van der Waals surface area contributed by atoms with Gasteiger partial charge < -0.3 is 10.1 Å². The van der Waals surface area contributed by atoms with Crippen molar-refractivity contribution in [2.75, 3.05) is 13.2 Å². The second-order valence-electron chi connectivity index (χ2n) is 4.32. The molecule has 2 aromatic heterocycles. The van der Waals surface area contributed by atoms with E-state index in [1.54, 1.807) is 11.3 Å². The average molecular weight is 276 g/mol. The summed E-state index contributed by atoms with van der Waals surface area (Å²) in [7, 11) is 0. The molecule has 1 N–H and O–H groups in total. The Morgan fingerprint density at radius 2 is 2.26 bits per heavy atom. The van der Waals surface area contributed by atoms with Crippen LogP contribution in [0, 0.1) is 0 Å². The minimum atomic E-state index is 0.590. The topological polar surface area (TPSA) is 34.1 Å². The first-order valence-electron chi connectivity index (χ1n) is 6.63. The van der Waals surface area contributed by atoms with Crippen molar-refractivity contribution in [2.24, 2.45) is 0 Å². The van der Waals surface area contributed by atoms with Gasteiger partial charge in [0.05, 0.1) is 18.9 Å². The first-order chi connectivity index (χ1) is 9.38. The van der Waals surface area contributed by atoms with Gasteiger partial charge in [-0.05, 0) is 29.6 Å².